The van der Waals surface area contributed by atoms with Crippen LogP contribution in [0.25, 0.3) is 17.0 Å². The number of rotatable bonds is 4. The van der Waals surface area contributed by atoms with Crippen molar-refractivity contribution < 1.29 is 9.18 Å². The first-order valence-electron chi connectivity index (χ1n) is 7.94. The molecule has 0 fully saturated rings. The number of fused-ring (bicyclic) bond motifs is 1. The quantitative estimate of drug-likeness (QED) is 0.569. The van der Waals surface area contributed by atoms with Gasteiger partial charge in [-0.2, -0.15) is 0 Å². The zero-order valence-corrected chi connectivity index (χ0v) is 13.8. The van der Waals surface area contributed by atoms with Crippen molar-refractivity contribution in [2.45, 2.75) is 6.92 Å². The summed E-state index contributed by atoms with van der Waals surface area (Å²) in [5.41, 5.74) is 3.62. The molecule has 26 heavy (non-hydrogen) atoms. The van der Waals surface area contributed by atoms with Gasteiger partial charge in [-0.1, -0.05) is 0 Å². The molecule has 0 radical (unpaired) electrons. The molecule has 7 heteroatoms. The van der Waals surface area contributed by atoms with Crippen molar-refractivity contribution >= 4 is 23.6 Å². The summed E-state index contributed by atoms with van der Waals surface area (Å²) in [6.45, 7) is 1.81. The number of halogens is 1. The fourth-order valence-corrected chi connectivity index (χ4v) is 2.78. The number of pyridine rings is 1. The molecule has 4 rings (SSSR count). The van der Waals surface area contributed by atoms with Gasteiger partial charge in [0.15, 0.2) is 11.5 Å². The van der Waals surface area contributed by atoms with Crippen molar-refractivity contribution in [3.63, 3.8) is 0 Å². The lowest BCUT2D eigenvalue weighted by atomic mass is 10.2. The normalized spacial score (nSPS) is 10.8. The molecular formula is C19H14FN5O. The standard InChI is InChI=1S/C19H14FN5O/c1-12-17(25-10-2-3-15(20)18(25)22-12)16-8-9-21-19(24-16)23-14-6-4-13(11-26)5-7-14/h2-11H,1H3,(H,21,23,24). The smallest absolute Gasteiger partial charge is 0.227 e. The molecule has 0 atom stereocenters. The summed E-state index contributed by atoms with van der Waals surface area (Å²) in [5.74, 6) is 0.0108. The lowest BCUT2D eigenvalue weighted by molar-refractivity contribution is 0.112. The van der Waals surface area contributed by atoms with Crippen LogP contribution in [0.3, 0.4) is 0 Å². The first kappa shape index (κ1) is 15.9. The second-order valence-electron chi connectivity index (χ2n) is 5.73. The van der Waals surface area contributed by atoms with Gasteiger partial charge in [-0.05, 0) is 49.4 Å². The fourth-order valence-electron chi connectivity index (χ4n) is 2.78. The lowest BCUT2D eigenvalue weighted by Crippen LogP contribution is -2.00. The second-order valence-corrected chi connectivity index (χ2v) is 5.73. The highest BCUT2D eigenvalue weighted by molar-refractivity contribution is 5.76. The number of aryl methyl sites for hydroxylation is 1. The minimum absolute atomic E-state index is 0.262. The van der Waals surface area contributed by atoms with Crippen LogP contribution in [0.2, 0.25) is 0 Å². The number of carbonyl (C=O) groups is 1. The largest absolute Gasteiger partial charge is 0.324 e. The Hall–Kier alpha value is -3.61. The molecule has 0 aliphatic carbocycles. The molecule has 3 aromatic heterocycles. The van der Waals surface area contributed by atoms with Crippen LogP contribution in [-0.2, 0) is 0 Å². The maximum atomic E-state index is 14.0. The summed E-state index contributed by atoms with van der Waals surface area (Å²) in [6.07, 6.45) is 4.16. The van der Waals surface area contributed by atoms with E-state index in [0.29, 0.717) is 28.6 Å². The molecule has 128 valence electrons. The van der Waals surface area contributed by atoms with E-state index >= 15 is 0 Å². The predicted octanol–water partition coefficient (Wildman–Crippen LogP) is 3.79. The number of benzene rings is 1. The molecule has 3 heterocycles. The Morgan fingerprint density at radius 2 is 1.92 bits per heavy atom. The summed E-state index contributed by atoms with van der Waals surface area (Å²) >= 11 is 0. The van der Waals surface area contributed by atoms with Crippen molar-refractivity contribution in [3.8, 4) is 11.4 Å². The molecule has 0 amide bonds. The number of carbonyl (C=O) groups excluding carboxylic acids is 1. The third-order valence-corrected chi connectivity index (χ3v) is 3.98. The van der Waals surface area contributed by atoms with Crippen molar-refractivity contribution in [1.82, 2.24) is 19.4 Å². The molecule has 0 saturated carbocycles. The van der Waals surface area contributed by atoms with Crippen molar-refractivity contribution in [3.05, 3.63) is 71.9 Å². The topological polar surface area (TPSA) is 72.2 Å². The molecule has 4 aromatic rings. The average Bonchev–Trinajstić information content (AvgIpc) is 3.00. The van der Waals surface area contributed by atoms with Crippen LogP contribution in [0.15, 0.2) is 54.9 Å². The van der Waals surface area contributed by atoms with E-state index in [2.05, 4.69) is 20.3 Å². The Labute approximate surface area is 148 Å². The van der Waals surface area contributed by atoms with Gasteiger partial charge in [0.2, 0.25) is 5.95 Å². The molecule has 0 spiro atoms. The van der Waals surface area contributed by atoms with Gasteiger partial charge in [0.25, 0.3) is 0 Å². The van der Waals surface area contributed by atoms with Crippen LogP contribution in [0.5, 0.6) is 0 Å². The summed E-state index contributed by atoms with van der Waals surface area (Å²) in [5, 5.41) is 3.09. The molecule has 0 unspecified atom stereocenters. The number of aromatic nitrogens is 4. The van der Waals surface area contributed by atoms with Crippen LogP contribution < -0.4 is 5.32 Å². The Morgan fingerprint density at radius 3 is 2.69 bits per heavy atom. The van der Waals surface area contributed by atoms with Gasteiger partial charge in [-0.15, -0.1) is 0 Å². The highest BCUT2D eigenvalue weighted by Crippen LogP contribution is 2.25. The van der Waals surface area contributed by atoms with Gasteiger partial charge in [0.1, 0.15) is 6.29 Å². The second kappa shape index (κ2) is 6.36. The van der Waals surface area contributed by atoms with E-state index in [4.69, 9.17) is 0 Å². The van der Waals surface area contributed by atoms with Crippen LogP contribution >= 0.6 is 0 Å². The number of nitrogens with one attached hydrogen (secondary N) is 1. The van der Waals surface area contributed by atoms with E-state index in [0.717, 1.165) is 12.0 Å². The third kappa shape index (κ3) is 2.79. The third-order valence-electron chi connectivity index (χ3n) is 3.98. The van der Waals surface area contributed by atoms with Gasteiger partial charge in [0, 0.05) is 23.6 Å². The van der Waals surface area contributed by atoms with Crippen LogP contribution in [0.1, 0.15) is 16.1 Å². The van der Waals surface area contributed by atoms with Crippen LogP contribution in [0, 0.1) is 12.7 Å². The summed E-state index contributed by atoms with van der Waals surface area (Å²) in [7, 11) is 0. The monoisotopic (exact) mass is 347 g/mol. The van der Waals surface area contributed by atoms with E-state index in [-0.39, 0.29) is 11.5 Å². The minimum atomic E-state index is -0.385. The van der Waals surface area contributed by atoms with E-state index in [1.807, 2.05) is 6.92 Å². The lowest BCUT2D eigenvalue weighted by Gasteiger charge is -2.07. The number of imidazole rings is 1. The zero-order chi connectivity index (χ0) is 18.1. The Kier molecular flexibility index (Phi) is 3.89. The fraction of sp³-hybridized carbons (Fsp3) is 0.0526. The number of anilines is 2. The SMILES string of the molecule is Cc1nc2c(F)cccn2c1-c1ccnc(Nc2ccc(C=O)cc2)n1. The molecule has 6 nitrogen and oxygen atoms in total. The van der Waals surface area contributed by atoms with Crippen molar-refractivity contribution in [2.24, 2.45) is 0 Å². The van der Waals surface area contributed by atoms with Crippen LogP contribution in [-0.4, -0.2) is 25.6 Å². The zero-order valence-electron chi connectivity index (χ0n) is 13.8. The minimum Gasteiger partial charge on any atom is -0.324 e. The van der Waals surface area contributed by atoms with Gasteiger partial charge < -0.3 is 5.32 Å². The van der Waals surface area contributed by atoms with Gasteiger partial charge in [-0.3, -0.25) is 9.20 Å². The molecule has 1 aromatic carbocycles. The van der Waals surface area contributed by atoms with E-state index in [9.17, 15) is 9.18 Å². The van der Waals surface area contributed by atoms with Gasteiger partial charge in [-0.25, -0.2) is 19.3 Å². The Morgan fingerprint density at radius 1 is 1.12 bits per heavy atom. The maximum Gasteiger partial charge on any atom is 0.227 e. The number of hydrogen-bond acceptors (Lipinski definition) is 5. The van der Waals surface area contributed by atoms with Crippen molar-refractivity contribution in [1.29, 1.82) is 0 Å². The van der Waals surface area contributed by atoms with Gasteiger partial charge in [0.05, 0.1) is 17.1 Å². The van der Waals surface area contributed by atoms with Crippen molar-refractivity contribution in [2.75, 3.05) is 5.32 Å². The number of hydrogen-bond donors (Lipinski definition) is 1. The summed E-state index contributed by atoms with van der Waals surface area (Å²) in [6, 6.07) is 11.7. The molecule has 0 saturated heterocycles. The Balaban J connectivity index is 1.73. The Bertz CT molecular complexity index is 1100. The van der Waals surface area contributed by atoms with E-state index in [1.165, 1.54) is 6.07 Å². The number of aldehydes is 1. The molecule has 1 N–H and O–H groups in total. The van der Waals surface area contributed by atoms with E-state index in [1.54, 1.807) is 53.2 Å². The average molecular weight is 347 g/mol. The van der Waals surface area contributed by atoms with E-state index < -0.39 is 0 Å². The first-order chi connectivity index (χ1) is 12.7. The van der Waals surface area contributed by atoms with Gasteiger partial charge >= 0.3 is 0 Å². The summed E-state index contributed by atoms with van der Waals surface area (Å²) in [4.78, 5) is 23.8. The highest BCUT2D eigenvalue weighted by atomic mass is 19.1. The molecular weight excluding hydrogens is 333 g/mol. The predicted molar refractivity (Wildman–Crippen MR) is 96.0 cm³/mol. The van der Waals surface area contributed by atoms with Crippen LogP contribution in [0.4, 0.5) is 16.0 Å². The molecule has 0 bridgehead atoms. The maximum absolute atomic E-state index is 14.0. The molecule has 0 aliphatic rings. The first-order valence-corrected chi connectivity index (χ1v) is 7.94. The summed E-state index contributed by atoms with van der Waals surface area (Å²) < 4.78 is 15.6. The highest BCUT2D eigenvalue weighted by Gasteiger charge is 2.15. The number of nitrogens with zero attached hydrogens (tertiary/aromatic N) is 4. The molecule has 0 aliphatic heterocycles.